The summed E-state index contributed by atoms with van der Waals surface area (Å²) in [5.41, 5.74) is 2.16. The highest BCUT2D eigenvalue weighted by atomic mass is 16.5. The fourth-order valence-electron chi connectivity index (χ4n) is 4.75. The number of carbonyl (C=O) groups is 2. The third-order valence-electron chi connectivity index (χ3n) is 6.93. The summed E-state index contributed by atoms with van der Waals surface area (Å²) >= 11 is 0. The molecule has 3 heterocycles. The number of imidazole rings is 1. The van der Waals surface area contributed by atoms with Gasteiger partial charge in [-0.15, -0.1) is 0 Å². The molecule has 3 aromatic heterocycles. The number of hydrazine groups is 1. The van der Waals surface area contributed by atoms with Crippen molar-refractivity contribution >= 4 is 22.9 Å². The number of nitrogens with two attached hydrogens (primary N) is 1. The minimum atomic E-state index is -0.813. The molecule has 2 aromatic carbocycles. The molecular weight excluding hydrogens is 528 g/mol. The molecule has 5 rings (SSSR count). The maximum absolute atomic E-state index is 13.1. The van der Waals surface area contributed by atoms with Crippen LogP contribution in [0, 0.1) is 6.92 Å². The molecule has 0 fully saturated rings. The van der Waals surface area contributed by atoms with Crippen molar-refractivity contribution in [1.82, 2.24) is 33.9 Å². The lowest BCUT2D eigenvalue weighted by Gasteiger charge is -2.16. The first kappa shape index (κ1) is 27.4. The lowest BCUT2D eigenvalue weighted by molar-refractivity contribution is 0.0726. The third kappa shape index (κ3) is 4.76. The van der Waals surface area contributed by atoms with Crippen LogP contribution in [-0.2, 0) is 6.54 Å². The number of benzene rings is 2. The SMILES string of the molecule is CCn1ccc2cc(-n3c(-c4cc(C(C)C)c(OC(=O)c5ncn(C(=O)N(C)N)c5C)cc4O)n[nH]c3=O)ccc21. The highest BCUT2D eigenvalue weighted by Gasteiger charge is 2.25. The number of rotatable bonds is 6. The molecule has 0 spiro atoms. The number of aryl methyl sites for hydroxylation is 1. The summed E-state index contributed by atoms with van der Waals surface area (Å²) in [6.45, 7) is 8.20. The van der Waals surface area contributed by atoms with Crippen LogP contribution in [0.2, 0.25) is 0 Å². The van der Waals surface area contributed by atoms with E-state index in [9.17, 15) is 19.5 Å². The zero-order valence-electron chi connectivity index (χ0n) is 23.2. The number of nitrogens with one attached hydrogen (secondary N) is 1. The van der Waals surface area contributed by atoms with Crippen LogP contribution in [0.25, 0.3) is 28.0 Å². The number of H-pyrrole nitrogens is 1. The largest absolute Gasteiger partial charge is 0.507 e. The van der Waals surface area contributed by atoms with Gasteiger partial charge < -0.3 is 14.4 Å². The van der Waals surface area contributed by atoms with E-state index < -0.39 is 17.7 Å². The number of aromatic nitrogens is 6. The Bertz CT molecular complexity index is 1860. The molecule has 13 nitrogen and oxygen atoms in total. The Balaban J connectivity index is 1.54. The molecular formula is C28H30N8O5. The molecule has 212 valence electrons. The van der Waals surface area contributed by atoms with Crippen LogP contribution < -0.4 is 16.3 Å². The van der Waals surface area contributed by atoms with E-state index in [0.29, 0.717) is 11.3 Å². The summed E-state index contributed by atoms with van der Waals surface area (Å²) < 4.78 is 10.3. The van der Waals surface area contributed by atoms with Gasteiger partial charge in [0.25, 0.3) is 0 Å². The quantitative estimate of drug-likeness (QED) is 0.0936. The summed E-state index contributed by atoms with van der Waals surface area (Å²) in [6, 6.07) is 9.97. The van der Waals surface area contributed by atoms with E-state index in [1.165, 1.54) is 24.0 Å². The Morgan fingerprint density at radius 2 is 1.95 bits per heavy atom. The lowest BCUT2D eigenvalue weighted by atomic mass is 9.98. The number of aromatic hydroxyl groups is 1. The van der Waals surface area contributed by atoms with E-state index in [4.69, 9.17) is 10.6 Å². The van der Waals surface area contributed by atoms with Gasteiger partial charge in [0.15, 0.2) is 11.5 Å². The predicted molar refractivity (Wildman–Crippen MR) is 151 cm³/mol. The van der Waals surface area contributed by atoms with Crippen molar-refractivity contribution in [2.75, 3.05) is 7.05 Å². The first-order valence-electron chi connectivity index (χ1n) is 12.9. The fraction of sp³-hybridized carbons (Fsp3) is 0.250. The lowest BCUT2D eigenvalue weighted by Crippen LogP contribution is -2.36. The number of nitrogens with zero attached hydrogens (tertiary/aromatic N) is 6. The number of esters is 1. The molecule has 0 aliphatic carbocycles. The number of amides is 1. The van der Waals surface area contributed by atoms with Gasteiger partial charge in [-0.25, -0.2) is 34.9 Å². The third-order valence-corrected chi connectivity index (χ3v) is 6.93. The zero-order chi connectivity index (χ0) is 29.6. The number of hydrogen-bond acceptors (Lipinski definition) is 8. The predicted octanol–water partition coefficient (Wildman–Crippen LogP) is 3.53. The summed E-state index contributed by atoms with van der Waals surface area (Å²) in [6.07, 6.45) is 3.17. The minimum absolute atomic E-state index is 0.0769. The first-order valence-corrected chi connectivity index (χ1v) is 12.9. The molecule has 0 unspecified atom stereocenters. The maximum atomic E-state index is 13.1. The normalized spacial score (nSPS) is 11.4. The van der Waals surface area contributed by atoms with Gasteiger partial charge in [0.1, 0.15) is 17.8 Å². The van der Waals surface area contributed by atoms with E-state index in [-0.39, 0.29) is 40.2 Å². The van der Waals surface area contributed by atoms with Crippen molar-refractivity contribution < 1.29 is 19.4 Å². The second-order valence-corrected chi connectivity index (χ2v) is 9.93. The molecule has 0 saturated carbocycles. The molecule has 0 radical (unpaired) electrons. The van der Waals surface area contributed by atoms with Crippen molar-refractivity contribution in [2.24, 2.45) is 5.84 Å². The van der Waals surface area contributed by atoms with Gasteiger partial charge >= 0.3 is 17.7 Å². The average Bonchev–Trinajstić information content (AvgIpc) is 3.63. The van der Waals surface area contributed by atoms with Gasteiger partial charge in [0.2, 0.25) is 0 Å². The van der Waals surface area contributed by atoms with Crippen molar-refractivity contribution in [3.8, 4) is 28.6 Å². The second-order valence-electron chi connectivity index (χ2n) is 9.93. The average molecular weight is 559 g/mol. The van der Waals surface area contributed by atoms with Crippen LogP contribution >= 0.6 is 0 Å². The van der Waals surface area contributed by atoms with Crippen molar-refractivity contribution in [3.05, 3.63) is 76.4 Å². The zero-order valence-corrected chi connectivity index (χ0v) is 23.2. The highest BCUT2D eigenvalue weighted by molar-refractivity contribution is 5.92. The number of carbonyl (C=O) groups excluding carboxylic acids is 2. The molecule has 4 N–H and O–H groups in total. The summed E-state index contributed by atoms with van der Waals surface area (Å²) in [5.74, 6) is 4.61. The first-order chi connectivity index (χ1) is 19.5. The molecule has 13 heteroatoms. The van der Waals surface area contributed by atoms with E-state index in [1.807, 2.05) is 44.3 Å². The van der Waals surface area contributed by atoms with E-state index >= 15 is 0 Å². The molecule has 0 bridgehead atoms. The van der Waals surface area contributed by atoms with E-state index in [2.05, 4.69) is 26.7 Å². The number of fused-ring (bicyclic) bond motifs is 1. The topological polar surface area (TPSA) is 166 Å². The van der Waals surface area contributed by atoms with Crippen LogP contribution in [0.5, 0.6) is 11.5 Å². The second kappa shape index (κ2) is 10.4. The summed E-state index contributed by atoms with van der Waals surface area (Å²) in [4.78, 5) is 42.2. The van der Waals surface area contributed by atoms with Gasteiger partial charge in [-0.2, -0.15) is 5.10 Å². The van der Waals surface area contributed by atoms with Crippen LogP contribution in [-0.4, -0.2) is 58.0 Å². The Hall–Kier alpha value is -5.17. The van der Waals surface area contributed by atoms with Crippen molar-refractivity contribution in [3.63, 3.8) is 0 Å². The van der Waals surface area contributed by atoms with E-state index in [0.717, 1.165) is 27.0 Å². The number of hydrogen-bond donors (Lipinski definition) is 3. The Morgan fingerprint density at radius 1 is 1.20 bits per heavy atom. The number of ether oxygens (including phenoxy) is 1. The standard InChI is InChI=1S/C28H30N8O5/c1-6-34-10-9-17-11-18(7-8-21(17)34)36-25(31-32-27(36)39)20-12-19(15(2)3)23(13-22(20)37)41-26(38)24-16(4)35(14-30-24)28(40)33(5)29/h7-15,37H,6,29H2,1-5H3,(H,32,39). The molecule has 0 aliphatic rings. The molecule has 1 amide bonds. The molecule has 0 saturated heterocycles. The number of phenolic OH excluding ortho intramolecular Hbond substituents is 1. The van der Waals surface area contributed by atoms with Gasteiger partial charge in [0, 0.05) is 36.8 Å². The van der Waals surface area contributed by atoms with Crippen LogP contribution in [0.4, 0.5) is 4.79 Å². The Labute approximate surface area is 234 Å². The number of phenols is 1. The minimum Gasteiger partial charge on any atom is -0.507 e. The Kier molecular flexibility index (Phi) is 6.97. The molecule has 0 aliphatic heterocycles. The van der Waals surface area contributed by atoms with Gasteiger partial charge in [-0.1, -0.05) is 13.8 Å². The molecule has 41 heavy (non-hydrogen) atoms. The fourth-order valence-corrected chi connectivity index (χ4v) is 4.75. The maximum Gasteiger partial charge on any atom is 0.364 e. The summed E-state index contributed by atoms with van der Waals surface area (Å²) in [5, 5.41) is 19.6. The highest BCUT2D eigenvalue weighted by Crippen LogP contribution is 2.38. The van der Waals surface area contributed by atoms with Crippen LogP contribution in [0.15, 0.2) is 53.7 Å². The monoisotopic (exact) mass is 558 g/mol. The van der Waals surface area contributed by atoms with Crippen molar-refractivity contribution in [1.29, 1.82) is 0 Å². The van der Waals surface area contributed by atoms with Gasteiger partial charge in [-0.3, -0.25) is 9.58 Å². The van der Waals surface area contributed by atoms with E-state index in [1.54, 1.807) is 13.0 Å². The summed E-state index contributed by atoms with van der Waals surface area (Å²) in [7, 11) is 1.37. The smallest absolute Gasteiger partial charge is 0.364 e. The Morgan fingerprint density at radius 3 is 2.63 bits per heavy atom. The van der Waals surface area contributed by atoms with Crippen LogP contribution in [0.1, 0.15) is 48.4 Å². The van der Waals surface area contributed by atoms with Crippen LogP contribution in [0.3, 0.4) is 0 Å². The number of aromatic amines is 1. The molecule has 0 atom stereocenters. The molecule has 5 aromatic rings. The van der Waals surface area contributed by atoms with Crippen molar-refractivity contribution in [2.45, 2.75) is 40.2 Å². The van der Waals surface area contributed by atoms with Gasteiger partial charge in [0.05, 0.1) is 16.9 Å². The van der Waals surface area contributed by atoms with Gasteiger partial charge in [-0.05, 0) is 55.7 Å².